The predicted octanol–water partition coefficient (Wildman–Crippen LogP) is 3.01. The van der Waals surface area contributed by atoms with Crippen molar-refractivity contribution in [1.82, 2.24) is 14.5 Å². The number of hydrogen-bond donors (Lipinski definition) is 0. The molecular weight excluding hydrogens is 302 g/mol. The quantitative estimate of drug-likeness (QED) is 0.643. The minimum atomic E-state index is 0.148. The molecule has 0 radical (unpaired) electrons. The summed E-state index contributed by atoms with van der Waals surface area (Å²) in [5, 5.41) is 1.67. The first-order chi connectivity index (χ1) is 10.1. The molecule has 3 heterocycles. The number of thioether (sulfide) groups is 1. The highest BCUT2D eigenvalue weighted by atomic mass is 32.2. The molecule has 114 valence electrons. The number of aryl methyl sites for hydroxylation is 1. The lowest BCUT2D eigenvalue weighted by Gasteiger charge is -2.31. The third-order valence-corrected chi connectivity index (χ3v) is 6.03. The van der Waals surface area contributed by atoms with Crippen LogP contribution in [0.25, 0.3) is 10.2 Å². The Morgan fingerprint density at radius 2 is 2.14 bits per heavy atom. The van der Waals surface area contributed by atoms with E-state index in [1.54, 1.807) is 23.1 Å². The van der Waals surface area contributed by atoms with Gasteiger partial charge >= 0.3 is 0 Å². The van der Waals surface area contributed by atoms with E-state index in [9.17, 15) is 4.79 Å². The molecule has 0 unspecified atom stereocenters. The number of hydrogen-bond acceptors (Lipinski definition) is 5. The maximum absolute atomic E-state index is 12.9. The zero-order chi connectivity index (χ0) is 15.0. The number of fused-ring (bicyclic) bond motifs is 1. The second-order valence-electron chi connectivity index (χ2n) is 5.59. The van der Waals surface area contributed by atoms with Crippen LogP contribution >= 0.6 is 23.1 Å². The van der Waals surface area contributed by atoms with E-state index in [1.807, 2.05) is 16.9 Å². The number of thiophene rings is 1. The summed E-state index contributed by atoms with van der Waals surface area (Å²) in [5.74, 6) is 0. The van der Waals surface area contributed by atoms with Crippen molar-refractivity contribution >= 4 is 33.3 Å². The molecule has 6 heteroatoms. The van der Waals surface area contributed by atoms with E-state index in [-0.39, 0.29) is 11.6 Å². The standard InChI is InChI=1S/C15H21N3OS2/c1-4-11-9-12-13(21-11)16-15(20-3)18(14(12)19)10-5-7-17(2)8-6-10/h9-10H,4-8H2,1-3H3. The van der Waals surface area contributed by atoms with E-state index in [1.165, 1.54) is 4.88 Å². The second-order valence-corrected chi connectivity index (χ2v) is 7.48. The van der Waals surface area contributed by atoms with E-state index >= 15 is 0 Å². The minimum absolute atomic E-state index is 0.148. The predicted molar refractivity (Wildman–Crippen MR) is 90.8 cm³/mol. The SMILES string of the molecule is CCc1cc2c(=O)n(C3CCN(C)CC3)c(SC)nc2s1. The average molecular weight is 323 g/mol. The maximum Gasteiger partial charge on any atom is 0.263 e. The van der Waals surface area contributed by atoms with Gasteiger partial charge in [-0.1, -0.05) is 18.7 Å². The average Bonchev–Trinajstić information content (AvgIpc) is 2.92. The van der Waals surface area contributed by atoms with Crippen LogP contribution in [0.2, 0.25) is 0 Å². The molecular formula is C15H21N3OS2. The highest BCUT2D eigenvalue weighted by Crippen LogP contribution is 2.28. The van der Waals surface area contributed by atoms with Crippen molar-refractivity contribution in [3.8, 4) is 0 Å². The Hall–Kier alpha value is -0.850. The van der Waals surface area contributed by atoms with E-state index in [0.29, 0.717) is 0 Å². The summed E-state index contributed by atoms with van der Waals surface area (Å²) in [6, 6.07) is 2.32. The summed E-state index contributed by atoms with van der Waals surface area (Å²) in [6.07, 6.45) is 5.03. The van der Waals surface area contributed by atoms with Crippen molar-refractivity contribution in [2.45, 2.75) is 37.4 Å². The molecule has 0 aliphatic carbocycles. The molecule has 2 aromatic rings. The highest BCUT2D eigenvalue weighted by molar-refractivity contribution is 7.98. The third kappa shape index (κ3) is 2.76. The summed E-state index contributed by atoms with van der Waals surface area (Å²) in [6.45, 7) is 4.22. The number of rotatable bonds is 3. The van der Waals surface area contributed by atoms with Gasteiger partial charge in [-0.05, 0) is 51.7 Å². The Kier molecular flexibility index (Phi) is 4.38. The zero-order valence-corrected chi connectivity index (χ0v) is 14.4. The van der Waals surface area contributed by atoms with Crippen molar-refractivity contribution in [3.05, 3.63) is 21.3 Å². The van der Waals surface area contributed by atoms with E-state index < -0.39 is 0 Å². The first-order valence-electron chi connectivity index (χ1n) is 7.41. The van der Waals surface area contributed by atoms with Crippen molar-refractivity contribution in [2.75, 3.05) is 26.4 Å². The molecule has 3 rings (SSSR count). The number of piperidine rings is 1. The van der Waals surface area contributed by atoms with Gasteiger partial charge in [0, 0.05) is 10.9 Å². The van der Waals surface area contributed by atoms with E-state index in [0.717, 1.165) is 47.7 Å². The largest absolute Gasteiger partial charge is 0.306 e. The molecule has 1 saturated heterocycles. The molecule has 0 bridgehead atoms. The Morgan fingerprint density at radius 1 is 1.43 bits per heavy atom. The highest BCUT2D eigenvalue weighted by Gasteiger charge is 2.23. The molecule has 1 fully saturated rings. The van der Waals surface area contributed by atoms with E-state index in [2.05, 4.69) is 18.9 Å². The number of likely N-dealkylation sites (tertiary alicyclic amines) is 1. The molecule has 1 aliphatic heterocycles. The number of nitrogens with zero attached hydrogens (tertiary/aromatic N) is 3. The van der Waals surface area contributed by atoms with Gasteiger partial charge in [-0.15, -0.1) is 11.3 Å². The van der Waals surface area contributed by atoms with E-state index in [4.69, 9.17) is 4.98 Å². The molecule has 0 atom stereocenters. The Labute approximate surface area is 133 Å². The lowest BCUT2D eigenvalue weighted by molar-refractivity contribution is 0.211. The molecule has 2 aromatic heterocycles. The molecule has 4 nitrogen and oxygen atoms in total. The topological polar surface area (TPSA) is 38.1 Å². The van der Waals surface area contributed by atoms with Crippen LogP contribution in [0.3, 0.4) is 0 Å². The van der Waals surface area contributed by atoms with Crippen LogP contribution in [0, 0.1) is 0 Å². The first-order valence-corrected chi connectivity index (χ1v) is 9.45. The third-order valence-electron chi connectivity index (χ3n) is 4.20. The normalized spacial score (nSPS) is 17.7. The van der Waals surface area contributed by atoms with Crippen molar-refractivity contribution < 1.29 is 0 Å². The van der Waals surface area contributed by atoms with Gasteiger partial charge in [0.15, 0.2) is 5.16 Å². The summed E-state index contributed by atoms with van der Waals surface area (Å²) < 4.78 is 1.95. The van der Waals surface area contributed by atoms with Gasteiger partial charge < -0.3 is 4.90 Å². The molecule has 0 saturated carbocycles. The molecule has 1 aliphatic rings. The summed E-state index contributed by atoms with van der Waals surface area (Å²) in [5.41, 5.74) is 0.148. The summed E-state index contributed by atoms with van der Waals surface area (Å²) in [4.78, 5) is 22.1. The summed E-state index contributed by atoms with van der Waals surface area (Å²) >= 11 is 3.23. The van der Waals surface area contributed by atoms with Gasteiger partial charge in [-0.2, -0.15) is 0 Å². The monoisotopic (exact) mass is 323 g/mol. The fourth-order valence-corrected chi connectivity index (χ4v) is 4.55. The Balaban J connectivity index is 2.11. The van der Waals surface area contributed by atoms with Crippen molar-refractivity contribution in [1.29, 1.82) is 0 Å². The lowest BCUT2D eigenvalue weighted by Crippen LogP contribution is -2.36. The lowest BCUT2D eigenvalue weighted by atomic mass is 10.1. The maximum atomic E-state index is 12.9. The van der Waals surface area contributed by atoms with Gasteiger partial charge in [-0.3, -0.25) is 9.36 Å². The fourth-order valence-electron chi connectivity index (χ4n) is 2.92. The van der Waals surface area contributed by atoms with Crippen molar-refractivity contribution in [2.24, 2.45) is 0 Å². The van der Waals surface area contributed by atoms with Crippen LogP contribution < -0.4 is 5.56 Å². The van der Waals surface area contributed by atoms with Crippen LogP contribution in [0.4, 0.5) is 0 Å². The Bertz CT molecular complexity index is 699. The zero-order valence-electron chi connectivity index (χ0n) is 12.8. The van der Waals surface area contributed by atoms with Gasteiger partial charge in [0.25, 0.3) is 5.56 Å². The molecule has 0 N–H and O–H groups in total. The van der Waals surface area contributed by atoms with Crippen LogP contribution in [0.1, 0.15) is 30.7 Å². The second kappa shape index (κ2) is 6.10. The van der Waals surface area contributed by atoms with Gasteiger partial charge in [0.2, 0.25) is 0 Å². The fraction of sp³-hybridized carbons (Fsp3) is 0.600. The summed E-state index contributed by atoms with van der Waals surface area (Å²) in [7, 11) is 2.14. The molecule has 0 amide bonds. The Morgan fingerprint density at radius 3 is 2.76 bits per heavy atom. The van der Waals surface area contributed by atoms with Crippen LogP contribution in [0.15, 0.2) is 16.0 Å². The van der Waals surface area contributed by atoms with Crippen LogP contribution in [0.5, 0.6) is 0 Å². The van der Waals surface area contributed by atoms with Crippen LogP contribution in [-0.2, 0) is 6.42 Å². The first kappa shape index (κ1) is 15.1. The van der Waals surface area contributed by atoms with Crippen molar-refractivity contribution in [3.63, 3.8) is 0 Å². The van der Waals surface area contributed by atoms with Gasteiger partial charge in [0.1, 0.15) is 4.83 Å². The van der Waals surface area contributed by atoms with Gasteiger partial charge in [-0.25, -0.2) is 4.98 Å². The molecule has 0 aromatic carbocycles. The van der Waals surface area contributed by atoms with Crippen LogP contribution in [-0.4, -0.2) is 40.8 Å². The molecule has 0 spiro atoms. The minimum Gasteiger partial charge on any atom is -0.306 e. The van der Waals surface area contributed by atoms with Gasteiger partial charge in [0.05, 0.1) is 5.39 Å². The smallest absolute Gasteiger partial charge is 0.263 e. The molecule has 21 heavy (non-hydrogen) atoms. The number of aromatic nitrogens is 2.